The molecule has 0 fully saturated rings. The molecule has 0 atom stereocenters. The Labute approximate surface area is 102 Å². The van der Waals surface area contributed by atoms with Gasteiger partial charge >= 0.3 is 0 Å². The first-order chi connectivity index (χ1) is 7.09. The molecular formula is C10H12INO3. The van der Waals surface area contributed by atoms with E-state index in [1.807, 2.05) is 12.1 Å². The molecule has 0 saturated heterocycles. The second-order valence-corrected chi connectivity index (χ2v) is 4.53. The van der Waals surface area contributed by atoms with Crippen LogP contribution in [0.2, 0.25) is 0 Å². The third-order valence-electron chi connectivity index (χ3n) is 2.08. The van der Waals surface area contributed by atoms with Gasteiger partial charge in [0.1, 0.15) is 5.75 Å². The van der Waals surface area contributed by atoms with E-state index in [1.54, 1.807) is 6.07 Å². The number of aryl methyl sites for hydroxylation is 1. The number of phenolic OH excluding ortho intramolecular Hbond substituents is 1. The van der Waals surface area contributed by atoms with Gasteiger partial charge in [-0.2, -0.15) is 0 Å². The van der Waals surface area contributed by atoms with E-state index in [0.29, 0.717) is 12.8 Å². The maximum Gasteiger partial charge on any atom is 0.203 e. The van der Waals surface area contributed by atoms with Gasteiger partial charge in [0, 0.05) is 14.9 Å². The maximum atomic E-state index is 10.1. The van der Waals surface area contributed by atoms with Gasteiger partial charge in [-0.25, -0.2) is 0 Å². The summed E-state index contributed by atoms with van der Waals surface area (Å²) >= 11 is 2.17. The number of phenols is 1. The van der Waals surface area contributed by atoms with E-state index >= 15 is 0 Å². The molecule has 5 heteroatoms. The minimum absolute atomic E-state index is 0.00465. The lowest BCUT2D eigenvalue weighted by Crippen LogP contribution is -2.00. The quantitative estimate of drug-likeness (QED) is 0.392. The lowest BCUT2D eigenvalue weighted by Gasteiger charge is -2.03. The van der Waals surface area contributed by atoms with E-state index in [0.717, 1.165) is 15.6 Å². The molecular weight excluding hydrogens is 309 g/mol. The normalized spacial score (nSPS) is 10.2. The molecule has 1 aromatic rings. The fourth-order valence-corrected chi connectivity index (χ4v) is 1.87. The van der Waals surface area contributed by atoms with Crippen LogP contribution >= 0.6 is 22.6 Å². The van der Waals surface area contributed by atoms with E-state index in [4.69, 9.17) is 0 Å². The van der Waals surface area contributed by atoms with Gasteiger partial charge in [0.25, 0.3) is 0 Å². The zero-order valence-electron chi connectivity index (χ0n) is 8.15. The Hall–Kier alpha value is -0.850. The molecule has 0 aromatic heterocycles. The molecule has 15 heavy (non-hydrogen) atoms. The number of halogens is 1. The first-order valence-corrected chi connectivity index (χ1v) is 5.76. The average Bonchev–Trinajstić information content (AvgIpc) is 2.17. The van der Waals surface area contributed by atoms with Gasteiger partial charge in [-0.1, -0.05) is 0 Å². The standard InChI is InChI=1S/C10H12INO3/c11-9-4-5-10(13)8(7-9)3-1-2-6-12(14)15/h4-5,7,13H,1-3,6H2. The highest BCUT2D eigenvalue weighted by molar-refractivity contribution is 14.1. The molecule has 0 aliphatic heterocycles. The number of rotatable bonds is 5. The topological polar surface area (TPSA) is 63.4 Å². The summed E-state index contributed by atoms with van der Waals surface area (Å²) in [5.74, 6) is 0.275. The van der Waals surface area contributed by atoms with Crippen LogP contribution in [-0.2, 0) is 6.42 Å². The largest absolute Gasteiger partial charge is 0.508 e. The van der Waals surface area contributed by atoms with Crippen LogP contribution in [-0.4, -0.2) is 16.6 Å². The molecule has 82 valence electrons. The summed E-state index contributed by atoms with van der Waals surface area (Å²) < 4.78 is 1.06. The first kappa shape index (κ1) is 12.2. The highest BCUT2D eigenvalue weighted by atomic mass is 127. The van der Waals surface area contributed by atoms with Gasteiger partial charge in [0.2, 0.25) is 6.54 Å². The summed E-state index contributed by atoms with van der Waals surface area (Å²) in [6.45, 7) is 0.00465. The molecule has 0 saturated carbocycles. The van der Waals surface area contributed by atoms with E-state index in [9.17, 15) is 15.2 Å². The van der Waals surface area contributed by atoms with Crippen LogP contribution < -0.4 is 0 Å². The van der Waals surface area contributed by atoms with Crippen molar-refractivity contribution in [3.8, 4) is 5.75 Å². The van der Waals surface area contributed by atoms with Crippen molar-refractivity contribution in [2.75, 3.05) is 6.54 Å². The Balaban J connectivity index is 2.43. The van der Waals surface area contributed by atoms with Gasteiger partial charge in [0.05, 0.1) is 0 Å². The van der Waals surface area contributed by atoms with Crippen molar-refractivity contribution >= 4 is 22.6 Å². The smallest absolute Gasteiger partial charge is 0.203 e. The molecule has 0 amide bonds. The van der Waals surface area contributed by atoms with Crippen molar-refractivity contribution in [1.82, 2.24) is 0 Å². The fourth-order valence-electron chi connectivity index (χ4n) is 1.31. The summed E-state index contributed by atoms with van der Waals surface area (Å²) in [7, 11) is 0. The van der Waals surface area contributed by atoms with Crippen molar-refractivity contribution in [2.24, 2.45) is 0 Å². The zero-order chi connectivity index (χ0) is 11.3. The number of benzene rings is 1. The molecule has 0 radical (unpaired) electrons. The molecule has 4 nitrogen and oxygen atoms in total. The van der Waals surface area contributed by atoms with Crippen LogP contribution in [0.1, 0.15) is 18.4 Å². The molecule has 1 aromatic carbocycles. The predicted molar refractivity (Wildman–Crippen MR) is 65.6 cm³/mol. The molecule has 0 heterocycles. The number of aromatic hydroxyl groups is 1. The van der Waals surface area contributed by atoms with Crippen molar-refractivity contribution in [3.63, 3.8) is 0 Å². The van der Waals surface area contributed by atoms with Gasteiger partial charge in [0.15, 0.2) is 0 Å². The van der Waals surface area contributed by atoms with Crippen LogP contribution in [0.4, 0.5) is 0 Å². The van der Waals surface area contributed by atoms with E-state index in [1.165, 1.54) is 0 Å². The SMILES string of the molecule is O=[N+]([O-])CCCCc1cc(I)ccc1O. The fraction of sp³-hybridized carbons (Fsp3) is 0.400. The minimum atomic E-state index is -0.311. The molecule has 1 rings (SSSR count). The number of nitro groups is 1. The van der Waals surface area contributed by atoms with Crippen LogP contribution in [0, 0.1) is 13.7 Å². The maximum absolute atomic E-state index is 10.1. The Morgan fingerprint density at radius 3 is 2.80 bits per heavy atom. The van der Waals surface area contributed by atoms with E-state index in [-0.39, 0.29) is 17.2 Å². The number of hydrogen-bond acceptors (Lipinski definition) is 3. The van der Waals surface area contributed by atoms with Gasteiger partial charge in [-0.15, -0.1) is 0 Å². The van der Waals surface area contributed by atoms with Crippen LogP contribution in [0.15, 0.2) is 18.2 Å². The molecule has 0 aliphatic carbocycles. The molecule has 0 spiro atoms. The van der Waals surface area contributed by atoms with Crippen molar-refractivity contribution in [3.05, 3.63) is 37.4 Å². The lowest BCUT2D eigenvalue weighted by atomic mass is 10.1. The Morgan fingerprint density at radius 1 is 1.40 bits per heavy atom. The Kier molecular flexibility index (Phi) is 4.80. The second-order valence-electron chi connectivity index (χ2n) is 3.29. The summed E-state index contributed by atoms with van der Waals surface area (Å²) in [4.78, 5) is 9.78. The van der Waals surface area contributed by atoms with E-state index < -0.39 is 0 Å². The Morgan fingerprint density at radius 2 is 2.13 bits per heavy atom. The third kappa shape index (κ3) is 4.46. The monoisotopic (exact) mass is 321 g/mol. The number of hydrogen-bond donors (Lipinski definition) is 1. The number of unbranched alkanes of at least 4 members (excludes halogenated alkanes) is 1. The minimum Gasteiger partial charge on any atom is -0.508 e. The molecule has 0 aliphatic rings. The van der Waals surface area contributed by atoms with Gasteiger partial charge in [-0.05, 0) is 59.2 Å². The summed E-state index contributed by atoms with van der Waals surface area (Å²) in [6.07, 6.45) is 1.98. The summed E-state index contributed by atoms with van der Waals surface area (Å²) in [5.41, 5.74) is 0.866. The molecule has 0 bridgehead atoms. The van der Waals surface area contributed by atoms with Gasteiger partial charge in [-0.3, -0.25) is 10.1 Å². The van der Waals surface area contributed by atoms with Crippen molar-refractivity contribution in [2.45, 2.75) is 19.3 Å². The summed E-state index contributed by atoms with van der Waals surface area (Å²) in [6, 6.07) is 5.39. The van der Waals surface area contributed by atoms with Crippen molar-refractivity contribution < 1.29 is 10.0 Å². The lowest BCUT2D eigenvalue weighted by molar-refractivity contribution is -0.480. The van der Waals surface area contributed by atoms with E-state index in [2.05, 4.69) is 22.6 Å². The van der Waals surface area contributed by atoms with Crippen molar-refractivity contribution in [1.29, 1.82) is 0 Å². The summed E-state index contributed by atoms with van der Waals surface area (Å²) in [5, 5.41) is 19.6. The molecule has 0 unspecified atom stereocenters. The van der Waals surface area contributed by atoms with Crippen LogP contribution in [0.25, 0.3) is 0 Å². The highest BCUT2D eigenvalue weighted by Crippen LogP contribution is 2.21. The molecule has 1 N–H and O–H groups in total. The van der Waals surface area contributed by atoms with Gasteiger partial charge < -0.3 is 5.11 Å². The van der Waals surface area contributed by atoms with Crippen LogP contribution in [0.5, 0.6) is 5.75 Å². The zero-order valence-corrected chi connectivity index (χ0v) is 10.3. The third-order valence-corrected chi connectivity index (χ3v) is 2.75. The predicted octanol–water partition coefficient (Wildman–Crippen LogP) is 2.60. The first-order valence-electron chi connectivity index (χ1n) is 4.69. The highest BCUT2D eigenvalue weighted by Gasteiger charge is 2.03. The van der Waals surface area contributed by atoms with Crippen LogP contribution in [0.3, 0.4) is 0 Å². The average molecular weight is 321 g/mol. The Bertz CT molecular complexity index is 355. The second kappa shape index (κ2) is 5.89. The number of nitrogens with zero attached hydrogens (tertiary/aromatic N) is 1.